The number of nitrogens with zero attached hydrogens (tertiary/aromatic N) is 3. The average molecular weight is 437 g/mol. The van der Waals surface area contributed by atoms with Crippen LogP contribution in [0.2, 0.25) is 0 Å². The summed E-state index contributed by atoms with van der Waals surface area (Å²) in [6.07, 6.45) is 0.0305. The molecule has 0 bridgehead atoms. The molecule has 1 atom stereocenters. The molecule has 9 nitrogen and oxygen atoms in total. The molecule has 1 aromatic heterocycles. The molecule has 0 aliphatic carbocycles. The number of thiazole rings is 1. The second-order valence-electron chi connectivity index (χ2n) is 7.15. The van der Waals surface area contributed by atoms with Crippen LogP contribution in [-0.4, -0.2) is 28.3 Å². The summed E-state index contributed by atoms with van der Waals surface area (Å²) in [6.45, 7) is 1.93. The second-order valence-corrected chi connectivity index (χ2v) is 8.01. The molecule has 2 amide bonds. The number of nitro benzene ring substituents is 1. The smallest absolute Gasteiger partial charge is 0.271 e. The molecule has 10 heteroatoms. The molecule has 31 heavy (non-hydrogen) atoms. The minimum absolute atomic E-state index is 0.0305. The first-order chi connectivity index (χ1) is 14.9. The van der Waals surface area contributed by atoms with Crippen LogP contribution in [0.4, 0.5) is 16.5 Å². The van der Waals surface area contributed by atoms with E-state index in [1.807, 2.05) is 35.7 Å². The van der Waals surface area contributed by atoms with Gasteiger partial charge >= 0.3 is 0 Å². The maximum atomic E-state index is 12.6. The third-order valence-electron chi connectivity index (χ3n) is 5.06. The number of hydrogen-bond donors (Lipinski definition) is 2. The SMILES string of the molecule is Cc1ccc([N+](=O)[O-])cc1N1CC(C(=O)NNc2nc(-c3ccccc3)cs2)CC1=O. The lowest BCUT2D eigenvalue weighted by Crippen LogP contribution is -2.36. The van der Waals surface area contributed by atoms with Crippen molar-refractivity contribution in [3.8, 4) is 11.3 Å². The molecule has 1 fully saturated rings. The summed E-state index contributed by atoms with van der Waals surface area (Å²) in [5.41, 5.74) is 8.28. The van der Waals surface area contributed by atoms with E-state index in [4.69, 9.17) is 0 Å². The molecule has 0 saturated carbocycles. The lowest BCUT2D eigenvalue weighted by atomic mass is 10.1. The number of rotatable bonds is 6. The van der Waals surface area contributed by atoms with Crippen LogP contribution in [0.15, 0.2) is 53.9 Å². The largest absolute Gasteiger partial charge is 0.311 e. The molecule has 1 saturated heterocycles. The van der Waals surface area contributed by atoms with E-state index in [1.54, 1.807) is 13.0 Å². The highest BCUT2D eigenvalue weighted by molar-refractivity contribution is 7.14. The van der Waals surface area contributed by atoms with Gasteiger partial charge in [-0.05, 0) is 12.5 Å². The first kappa shape index (κ1) is 20.5. The van der Waals surface area contributed by atoms with Gasteiger partial charge in [0.25, 0.3) is 5.69 Å². The van der Waals surface area contributed by atoms with Gasteiger partial charge in [-0.25, -0.2) is 4.98 Å². The number of hydrogen-bond acceptors (Lipinski definition) is 7. The Morgan fingerprint density at radius 2 is 2.03 bits per heavy atom. The van der Waals surface area contributed by atoms with Crippen molar-refractivity contribution in [3.63, 3.8) is 0 Å². The molecule has 0 radical (unpaired) electrons. The molecule has 0 spiro atoms. The van der Waals surface area contributed by atoms with Crippen molar-refractivity contribution < 1.29 is 14.5 Å². The fourth-order valence-corrected chi connectivity index (χ4v) is 4.08. The van der Waals surface area contributed by atoms with Crippen LogP contribution in [0.3, 0.4) is 0 Å². The van der Waals surface area contributed by atoms with Crippen LogP contribution in [0, 0.1) is 23.0 Å². The predicted molar refractivity (Wildman–Crippen MR) is 118 cm³/mol. The van der Waals surface area contributed by atoms with Crippen LogP contribution in [0.5, 0.6) is 0 Å². The lowest BCUT2D eigenvalue weighted by molar-refractivity contribution is -0.384. The third kappa shape index (κ3) is 4.38. The number of hydrazine groups is 1. The van der Waals surface area contributed by atoms with Gasteiger partial charge in [0.2, 0.25) is 16.9 Å². The standard InChI is InChI=1S/C21H19N5O4S/c1-13-7-8-16(26(29)30)10-18(13)25-11-15(9-19(25)27)20(28)23-24-21-22-17(12-31-21)14-5-3-2-4-6-14/h2-8,10,12,15H,9,11H2,1H3,(H,22,24)(H,23,28). The fourth-order valence-electron chi connectivity index (χ4n) is 3.41. The Hall–Kier alpha value is -3.79. The first-order valence-corrected chi connectivity index (χ1v) is 10.4. The van der Waals surface area contributed by atoms with Crippen molar-refractivity contribution in [1.29, 1.82) is 0 Å². The molecule has 1 aliphatic heterocycles. The number of nitro groups is 1. The van der Waals surface area contributed by atoms with Crippen molar-refractivity contribution in [1.82, 2.24) is 10.4 Å². The Morgan fingerprint density at radius 1 is 1.26 bits per heavy atom. The molecule has 4 rings (SSSR count). The molecular formula is C21H19N5O4S. The maximum absolute atomic E-state index is 12.6. The zero-order valence-electron chi connectivity index (χ0n) is 16.6. The highest BCUT2D eigenvalue weighted by Crippen LogP contribution is 2.31. The second kappa shape index (κ2) is 8.52. The van der Waals surface area contributed by atoms with Gasteiger partial charge in [0.05, 0.1) is 22.2 Å². The molecule has 2 aromatic carbocycles. The number of carbonyl (C=O) groups excluding carboxylic acids is 2. The van der Waals surface area contributed by atoms with E-state index in [0.717, 1.165) is 16.8 Å². The predicted octanol–water partition coefficient (Wildman–Crippen LogP) is 3.52. The first-order valence-electron chi connectivity index (χ1n) is 9.54. The molecule has 158 valence electrons. The van der Waals surface area contributed by atoms with Crippen LogP contribution >= 0.6 is 11.3 Å². The number of aromatic nitrogens is 1. The summed E-state index contributed by atoms with van der Waals surface area (Å²) in [4.78, 5) is 41.5. The van der Waals surface area contributed by atoms with Gasteiger partial charge in [0.15, 0.2) is 0 Å². The van der Waals surface area contributed by atoms with Gasteiger partial charge in [-0.15, -0.1) is 11.3 Å². The van der Waals surface area contributed by atoms with Crippen LogP contribution in [0.1, 0.15) is 12.0 Å². The zero-order chi connectivity index (χ0) is 22.0. The van der Waals surface area contributed by atoms with Crippen molar-refractivity contribution in [2.24, 2.45) is 5.92 Å². The summed E-state index contributed by atoms with van der Waals surface area (Å²) < 4.78 is 0. The van der Waals surface area contributed by atoms with Gasteiger partial charge in [-0.1, -0.05) is 36.4 Å². The van der Waals surface area contributed by atoms with Gasteiger partial charge < -0.3 is 4.90 Å². The van der Waals surface area contributed by atoms with Gasteiger partial charge in [-0.2, -0.15) is 0 Å². The Balaban J connectivity index is 1.40. The number of benzene rings is 2. The van der Waals surface area contributed by atoms with Gasteiger partial charge in [0, 0.05) is 36.0 Å². The summed E-state index contributed by atoms with van der Waals surface area (Å²) in [6, 6.07) is 14.0. The van der Waals surface area contributed by atoms with Crippen molar-refractivity contribution >= 4 is 39.7 Å². The number of amides is 2. The van der Waals surface area contributed by atoms with E-state index in [-0.39, 0.29) is 30.5 Å². The molecular weight excluding hydrogens is 418 g/mol. The van der Waals surface area contributed by atoms with E-state index < -0.39 is 10.8 Å². The Morgan fingerprint density at radius 3 is 2.77 bits per heavy atom. The highest BCUT2D eigenvalue weighted by atomic mass is 32.1. The molecule has 1 unspecified atom stereocenters. The Bertz CT molecular complexity index is 1150. The van der Waals surface area contributed by atoms with E-state index >= 15 is 0 Å². The quantitative estimate of drug-likeness (QED) is 0.450. The van der Waals surface area contributed by atoms with E-state index in [9.17, 15) is 19.7 Å². The molecule has 1 aliphatic rings. The Labute approximate surface area is 181 Å². The number of carbonyl (C=O) groups is 2. The number of nitrogens with one attached hydrogen (secondary N) is 2. The summed E-state index contributed by atoms with van der Waals surface area (Å²) >= 11 is 1.35. The number of aryl methyl sites for hydroxylation is 1. The summed E-state index contributed by atoms with van der Waals surface area (Å²) in [5.74, 6) is -1.16. The van der Waals surface area contributed by atoms with E-state index in [0.29, 0.717) is 10.8 Å². The van der Waals surface area contributed by atoms with E-state index in [1.165, 1.54) is 28.4 Å². The molecule has 2 N–H and O–H groups in total. The van der Waals surface area contributed by atoms with Crippen molar-refractivity contribution in [2.75, 3.05) is 16.9 Å². The minimum Gasteiger partial charge on any atom is -0.311 e. The molecule has 3 aromatic rings. The van der Waals surface area contributed by atoms with Gasteiger partial charge in [0.1, 0.15) is 0 Å². The fraction of sp³-hybridized carbons (Fsp3) is 0.190. The third-order valence-corrected chi connectivity index (χ3v) is 5.81. The summed E-state index contributed by atoms with van der Waals surface area (Å²) in [7, 11) is 0. The zero-order valence-corrected chi connectivity index (χ0v) is 17.4. The normalized spacial score (nSPS) is 15.7. The lowest BCUT2D eigenvalue weighted by Gasteiger charge is -2.19. The maximum Gasteiger partial charge on any atom is 0.271 e. The minimum atomic E-state index is -0.577. The average Bonchev–Trinajstić information content (AvgIpc) is 3.40. The number of anilines is 2. The van der Waals surface area contributed by atoms with Crippen molar-refractivity contribution in [2.45, 2.75) is 13.3 Å². The Kier molecular flexibility index (Phi) is 5.63. The van der Waals surface area contributed by atoms with Crippen LogP contribution in [-0.2, 0) is 9.59 Å². The van der Waals surface area contributed by atoms with Crippen LogP contribution < -0.4 is 15.8 Å². The van der Waals surface area contributed by atoms with Crippen LogP contribution in [0.25, 0.3) is 11.3 Å². The summed E-state index contributed by atoms with van der Waals surface area (Å²) in [5, 5.41) is 13.5. The monoisotopic (exact) mass is 437 g/mol. The van der Waals surface area contributed by atoms with E-state index in [2.05, 4.69) is 15.8 Å². The van der Waals surface area contributed by atoms with Gasteiger partial charge in [-0.3, -0.25) is 30.6 Å². The number of non-ortho nitro benzene ring substituents is 1. The van der Waals surface area contributed by atoms with Crippen molar-refractivity contribution in [3.05, 3.63) is 69.6 Å². The highest BCUT2D eigenvalue weighted by Gasteiger charge is 2.36. The topological polar surface area (TPSA) is 117 Å². The molecule has 2 heterocycles.